The molecule has 0 radical (unpaired) electrons. The van der Waals surface area contributed by atoms with Crippen LogP contribution >= 0.6 is 11.6 Å². The van der Waals surface area contributed by atoms with Crippen molar-refractivity contribution in [2.24, 2.45) is 0 Å². The summed E-state index contributed by atoms with van der Waals surface area (Å²) < 4.78 is 0. The molecule has 0 saturated carbocycles. The highest BCUT2D eigenvalue weighted by molar-refractivity contribution is 6.30. The van der Waals surface area contributed by atoms with Crippen LogP contribution in [0.15, 0.2) is 42.5 Å². The lowest BCUT2D eigenvalue weighted by Gasteiger charge is -2.29. The summed E-state index contributed by atoms with van der Waals surface area (Å²) in [7, 11) is 0. The molecule has 1 N–H and O–H groups in total. The van der Waals surface area contributed by atoms with Crippen LogP contribution in [0.4, 0.5) is 0 Å². The molecule has 5 rings (SSSR count). The van der Waals surface area contributed by atoms with E-state index in [4.69, 9.17) is 11.6 Å². The van der Waals surface area contributed by atoms with Crippen molar-refractivity contribution in [1.82, 2.24) is 5.32 Å². The van der Waals surface area contributed by atoms with Gasteiger partial charge in [-0.25, -0.2) is 0 Å². The zero-order chi connectivity index (χ0) is 12.1. The predicted octanol–water partition coefficient (Wildman–Crippen LogP) is 3.67. The maximum atomic E-state index is 6.17. The zero-order valence-electron chi connectivity index (χ0n) is 9.99. The van der Waals surface area contributed by atoms with Gasteiger partial charge in [-0.2, -0.15) is 0 Å². The first-order valence-electron chi connectivity index (χ1n) is 6.43. The van der Waals surface area contributed by atoms with Gasteiger partial charge in [-0.15, -0.1) is 0 Å². The minimum Gasteiger partial charge on any atom is -0.309 e. The van der Waals surface area contributed by atoms with Gasteiger partial charge < -0.3 is 5.32 Å². The molecule has 2 heteroatoms. The molecule has 90 valence electrons. The van der Waals surface area contributed by atoms with E-state index in [0.29, 0.717) is 12.0 Å². The van der Waals surface area contributed by atoms with Crippen molar-refractivity contribution in [1.29, 1.82) is 0 Å². The molecule has 0 unspecified atom stereocenters. The van der Waals surface area contributed by atoms with E-state index in [-0.39, 0.29) is 0 Å². The number of fused-ring (bicyclic) bond motifs is 1. The number of hydrogen-bond donors (Lipinski definition) is 1. The summed E-state index contributed by atoms with van der Waals surface area (Å²) in [4.78, 5) is 0. The summed E-state index contributed by atoms with van der Waals surface area (Å²) in [6.07, 6.45) is 1.08. The van der Waals surface area contributed by atoms with Crippen LogP contribution in [-0.2, 0) is 6.42 Å². The minimum absolute atomic E-state index is 0.442. The number of nitrogens with one attached hydrogen (secondary N) is 1. The fourth-order valence-electron chi connectivity index (χ4n) is 3.38. The molecular weight excluding hydrogens is 242 g/mol. The molecule has 0 spiro atoms. The van der Waals surface area contributed by atoms with Crippen molar-refractivity contribution in [2.75, 3.05) is 6.54 Å². The molecular formula is C16H14ClN. The van der Waals surface area contributed by atoms with Gasteiger partial charge in [0.05, 0.1) is 0 Å². The van der Waals surface area contributed by atoms with Crippen LogP contribution in [0.5, 0.6) is 0 Å². The molecule has 2 aliphatic heterocycles. The lowest BCUT2D eigenvalue weighted by Crippen LogP contribution is -2.31. The highest BCUT2D eigenvalue weighted by Gasteiger charge is 2.33. The second-order valence-electron chi connectivity index (χ2n) is 5.19. The third-order valence-electron chi connectivity index (χ3n) is 4.22. The predicted molar refractivity (Wildman–Crippen MR) is 74.2 cm³/mol. The smallest absolute Gasteiger partial charge is 0.0409 e. The Morgan fingerprint density at radius 1 is 1.00 bits per heavy atom. The van der Waals surface area contributed by atoms with E-state index in [1.165, 1.54) is 22.3 Å². The van der Waals surface area contributed by atoms with Gasteiger partial charge in [-0.05, 0) is 40.8 Å². The van der Waals surface area contributed by atoms with Gasteiger partial charge in [0.25, 0.3) is 0 Å². The summed E-state index contributed by atoms with van der Waals surface area (Å²) in [6.45, 7) is 1.02. The second kappa shape index (κ2) is 3.84. The normalized spacial score (nSPS) is 24.3. The highest BCUT2D eigenvalue weighted by Crippen LogP contribution is 2.42. The van der Waals surface area contributed by atoms with Gasteiger partial charge >= 0.3 is 0 Å². The third-order valence-corrected chi connectivity index (χ3v) is 4.46. The second-order valence-corrected chi connectivity index (χ2v) is 5.63. The van der Waals surface area contributed by atoms with Crippen molar-refractivity contribution in [3.8, 4) is 0 Å². The largest absolute Gasteiger partial charge is 0.309 e. The van der Waals surface area contributed by atoms with Crippen LogP contribution in [0.2, 0.25) is 5.02 Å². The maximum Gasteiger partial charge on any atom is 0.0409 e. The van der Waals surface area contributed by atoms with Gasteiger partial charge in [0.1, 0.15) is 0 Å². The first-order chi connectivity index (χ1) is 8.83. The molecule has 2 bridgehead atoms. The van der Waals surface area contributed by atoms with Gasteiger partial charge in [-0.3, -0.25) is 0 Å². The topological polar surface area (TPSA) is 12.0 Å². The lowest BCUT2D eigenvalue weighted by molar-refractivity contribution is 0.500. The number of benzene rings is 2. The standard InChI is InChI=1S/C16H14ClN/c17-11-5-6-13-14(8-11)15-9-18-16(13)7-10-3-1-2-4-12(10)15/h1-6,8,15-16,18H,7,9H2/t15-,16-/m0/s1. The molecule has 0 saturated heterocycles. The van der Waals surface area contributed by atoms with Crippen LogP contribution < -0.4 is 5.32 Å². The molecule has 1 nitrogen and oxygen atoms in total. The number of rotatable bonds is 0. The van der Waals surface area contributed by atoms with Crippen LogP contribution in [0, 0.1) is 0 Å². The van der Waals surface area contributed by atoms with E-state index in [2.05, 4.69) is 41.7 Å². The Morgan fingerprint density at radius 2 is 1.89 bits per heavy atom. The van der Waals surface area contributed by atoms with Crippen LogP contribution in [-0.4, -0.2) is 6.54 Å². The van der Waals surface area contributed by atoms with Gasteiger partial charge in [-0.1, -0.05) is 41.9 Å². The van der Waals surface area contributed by atoms with E-state index >= 15 is 0 Å². The Morgan fingerprint density at radius 3 is 2.83 bits per heavy atom. The molecule has 1 aliphatic carbocycles. The minimum atomic E-state index is 0.442. The van der Waals surface area contributed by atoms with Crippen molar-refractivity contribution < 1.29 is 0 Å². The molecule has 18 heavy (non-hydrogen) atoms. The van der Waals surface area contributed by atoms with Crippen molar-refractivity contribution in [2.45, 2.75) is 18.4 Å². The number of halogens is 1. The van der Waals surface area contributed by atoms with Crippen LogP contribution in [0.1, 0.15) is 34.2 Å². The van der Waals surface area contributed by atoms with Crippen LogP contribution in [0.3, 0.4) is 0 Å². The third kappa shape index (κ3) is 1.44. The van der Waals surface area contributed by atoms with Crippen molar-refractivity contribution >= 4 is 11.6 Å². The fraction of sp³-hybridized carbons (Fsp3) is 0.250. The van der Waals surface area contributed by atoms with Gasteiger partial charge in [0, 0.05) is 23.5 Å². The molecule has 0 aromatic heterocycles. The Hall–Kier alpha value is -1.31. The Labute approximate surface area is 112 Å². The quantitative estimate of drug-likeness (QED) is 0.757. The Bertz CT molecular complexity index is 620. The first kappa shape index (κ1) is 10.6. The summed E-state index contributed by atoms with van der Waals surface area (Å²) in [5, 5.41) is 4.51. The van der Waals surface area contributed by atoms with E-state index in [1.807, 2.05) is 6.07 Å². The molecule has 2 aromatic rings. The zero-order valence-corrected chi connectivity index (χ0v) is 10.7. The van der Waals surface area contributed by atoms with E-state index in [9.17, 15) is 0 Å². The number of hydrogen-bond acceptors (Lipinski definition) is 1. The lowest BCUT2D eigenvalue weighted by atomic mass is 9.85. The fourth-order valence-corrected chi connectivity index (χ4v) is 3.56. The average molecular weight is 256 g/mol. The molecule has 2 heterocycles. The molecule has 0 fully saturated rings. The first-order valence-corrected chi connectivity index (χ1v) is 6.81. The van der Waals surface area contributed by atoms with Crippen molar-refractivity contribution in [3.63, 3.8) is 0 Å². The Balaban J connectivity index is 1.99. The summed E-state index contributed by atoms with van der Waals surface area (Å²) in [5.41, 5.74) is 5.78. The summed E-state index contributed by atoms with van der Waals surface area (Å²) in [6, 6.07) is 15.6. The Kier molecular flexibility index (Phi) is 2.26. The molecule has 2 aromatic carbocycles. The maximum absolute atomic E-state index is 6.17. The van der Waals surface area contributed by atoms with E-state index in [1.54, 1.807) is 0 Å². The SMILES string of the molecule is Clc1ccc2c(c1)[C@H]1CN[C@H]2Cc2ccccc21. The summed E-state index contributed by atoms with van der Waals surface area (Å²) in [5.74, 6) is 0.452. The van der Waals surface area contributed by atoms with E-state index in [0.717, 1.165) is 18.0 Å². The van der Waals surface area contributed by atoms with Gasteiger partial charge in [0.15, 0.2) is 0 Å². The molecule has 2 atom stereocenters. The molecule has 0 amide bonds. The monoisotopic (exact) mass is 255 g/mol. The van der Waals surface area contributed by atoms with Crippen molar-refractivity contribution in [3.05, 3.63) is 69.7 Å². The van der Waals surface area contributed by atoms with E-state index < -0.39 is 0 Å². The van der Waals surface area contributed by atoms with Gasteiger partial charge in [0.2, 0.25) is 0 Å². The summed E-state index contributed by atoms with van der Waals surface area (Å²) >= 11 is 6.17. The average Bonchev–Trinajstić information content (AvgIpc) is 2.65. The molecule has 3 aliphatic rings. The van der Waals surface area contributed by atoms with Crippen LogP contribution in [0.25, 0.3) is 0 Å². The highest BCUT2D eigenvalue weighted by atomic mass is 35.5.